The van der Waals surface area contributed by atoms with Crippen molar-refractivity contribution in [2.24, 2.45) is 0 Å². The first-order valence-electron chi connectivity index (χ1n) is 18.6. The summed E-state index contributed by atoms with van der Waals surface area (Å²) in [7, 11) is 0. The van der Waals surface area contributed by atoms with Gasteiger partial charge in [0.1, 0.15) is 5.75 Å². The van der Waals surface area contributed by atoms with Crippen molar-refractivity contribution >= 4 is 11.9 Å². The highest BCUT2D eigenvalue weighted by molar-refractivity contribution is 5.93. The van der Waals surface area contributed by atoms with Crippen LogP contribution in [0.3, 0.4) is 0 Å². The highest BCUT2D eigenvalue weighted by Gasteiger charge is 2.42. The van der Waals surface area contributed by atoms with Gasteiger partial charge in [-0.05, 0) is 74.1 Å². The van der Waals surface area contributed by atoms with E-state index in [4.69, 9.17) is 9.47 Å². The molecule has 0 bridgehead atoms. The van der Waals surface area contributed by atoms with E-state index in [1.807, 2.05) is 12.4 Å². The fraction of sp³-hybridized carbons (Fsp3) is 0.561. The molecule has 1 atom stereocenters. The smallest absolute Gasteiger partial charge is 0.425 e. The number of aryl methyl sites for hydroxylation is 2. The summed E-state index contributed by atoms with van der Waals surface area (Å²) in [5.41, 5.74) is 2.50. The fourth-order valence-corrected chi connectivity index (χ4v) is 5.89. The Kier molecular flexibility index (Phi) is 18.0. The molecule has 2 aromatic carbocycles. The number of nitrogens with zero attached hydrogens (tertiary/aromatic N) is 2. The highest BCUT2D eigenvalue weighted by atomic mass is 19.4. The predicted molar refractivity (Wildman–Crippen MR) is 192 cm³/mol. The minimum Gasteiger partial charge on any atom is -0.449 e. The van der Waals surface area contributed by atoms with E-state index in [-0.39, 0.29) is 17.7 Å². The third-order valence-corrected chi connectivity index (χ3v) is 8.97. The average Bonchev–Trinajstić information content (AvgIpc) is 3.10. The van der Waals surface area contributed by atoms with Gasteiger partial charge in [-0.1, -0.05) is 116 Å². The van der Waals surface area contributed by atoms with Gasteiger partial charge in [0.15, 0.2) is 11.9 Å². The Morgan fingerprint density at radius 3 is 1.78 bits per heavy atom. The normalized spacial score (nSPS) is 12.1. The maximum Gasteiger partial charge on any atom is 0.425 e. The van der Waals surface area contributed by atoms with E-state index in [1.54, 1.807) is 31.2 Å². The van der Waals surface area contributed by atoms with E-state index >= 15 is 0 Å². The predicted octanol–water partition coefficient (Wildman–Crippen LogP) is 12.0. The second-order valence-electron chi connectivity index (χ2n) is 13.3. The molecule has 0 saturated heterocycles. The number of rotatable bonds is 23. The van der Waals surface area contributed by atoms with Crippen LogP contribution in [-0.2, 0) is 11.2 Å². The number of aromatic nitrogens is 2. The minimum absolute atomic E-state index is 0.0131. The van der Waals surface area contributed by atoms with Gasteiger partial charge in [-0.2, -0.15) is 13.2 Å². The van der Waals surface area contributed by atoms with Crippen LogP contribution < -0.4 is 4.74 Å². The molecule has 6 nitrogen and oxygen atoms in total. The molecule has 1 heterocycles. The van der Waals surface area contributed by atoms with Gasteiger partial charge in [0.25, 0.3) is 0 Å². The fourth-order valence-electron chi connectivity index (χ4n) is 5.89. The molecular formula is C41H55F3N2O4. The average molecular weight is 697 g/mol. The number of carbonyl (C=O) groups excluding carboxylic acids is 2. The monoisotopic (exact) mass is 696 g/mol. The second-order valence-corrected chi connectivity index (χ2v) is 13.3. The van der Waals surface area contributed by atoms with Crippen molar-refractivity contribution in [3.8, 4) is 17.1 Å². The number of carbonyl (C=O) groups is 2. The van der Waals surface area contributed by atoms with E-state index in [0.717, 1.165) is 49.7 Å². The lowest BCUT2D eigenvalue weighted by Gasteiger charge is -2.21. The molecule has 1 aromatic heterocycles. The zero-order valence-electron chi connectivity index (χ0n) is 30.2. The SMILES string of the molecule is CCCCCCCCCCCCc1cnc(-c2ccc(C(=O)Oc3ccc(C(=O)O[C@H](CCCCCCCC)C(F)(F)F)c(C)c3)cc2)nc1. The summed E-state index contributed by atoms with van der Waals surface area (Å²) in [5.74, 6) is -0.947. The van der Waals surface area contributed by atoms with Crippen LogP contribution in [0.1, 0.15) is 155 Å². The minimum atomic E-state index is -4.65. The molecule has 3 rings (SSSR count). The van der Waals surface area contributed by atoms with Crippen LogP contribution in [-0.4, -0.2) is 34.2 Å². The lowest BCUT2D eigenvalue weighted by molar-refractivity contribution is -0.206. The summed E-state index contributed by atoms with van der Waals surface area (Å²) in [5, 5.41) is 0. The number of esters is 2. The molecule has 0 fully saturated rings. The molecule has 0 aliphatic heterocycles. The summed E-state index contributed by atoms with van der Waals surface area (Å²) in [6.45, 7) is 5.88. The summed E-state index contributed by atoms with van der Waals surface area (Å²) in [6.07, 6.45) is 15.5. The Bertz CT molecular complexity index is 1430. The van der Waals surface area contributed by atoms with Crippen molar-refractivity contribution in [2.75, 3.05) is 0 Å². The molecule has 0 aliphatic rings. The number of alkyl halides is 3. The van der Waals surface area contributed by atoms with E-state index in [9.17, 15) is 22.8 Å². The first kappa shape index (κ1) is 40.7. The third-order valence-electron chi connectivity index (χ3n) is 8.97. The Morgan fingerprint density at radius 1 is 0.700 bits per heavy atom. The van der Waals surface area contributed by atoms with Gasteiger partial charge in [0, 0.05) is 18.0 Å². The Labute approximate surface area is 296 Å². The molecule has 0 saturated carbocycles. The van der Waals surface area contributed by atoms with Crippen molar-refractivity contribution in [3.63, 3.8) is 0 Å². The first-order chi connectivity index (χ1) is 24.1. The van der Waals surface area contributed by atoms with Gasteiger partial charge in [0.05, 0.1) is 11.1 Å². The quantitative estimate of drug-likeness (QED) is 0.0558. The lowest BCUT2D eigenvalue weighted by atomic mass is 10.0. The van der Waals surface area contributed by atoms with Crippen LogP contribution in [0.25, 0.3) is 11.4 Å². The van der Waals surface area contributed by atoms with Crippen LogP contribution in [0.15, 0.2) is 54.9 Å². The largest absolute Gasteiger partial charge is 0.449 e. The van der Waals surface area contributed by atoms with Gasteiger partial charge in [-0.25, -0.2) is 19.6 Å². The van der Waals surface area contributed by atoms with Gasteiger partial charge < -0.3 is 9.47 Å². The van der Waals surface area contributed by atoms with Crippen molar-refractivity contribution in [3.05, 3.63) is 77.1 Å². The van der Waals surface area contributed by atoms with Gasteiger partial charge in [-0.15, -0.1) is 0 Å². The molecule has 0 N–H and O–H groups in total. The summed E-state index contributed by atoms with van der Waals surface area (Å²) >= 11 is 0. The van der Waals surface area contributed by atoms with Crippen LogP contribution in [0, 0.1) is 6.92 Å². The number of unbranched alkanes of at least 4 members (excludes halogenated alkanes) is 14. The summed E-state index contributed by atoms with van der Waals surface area (Å²) < 4.78 is 51.2. The molecule has 9 heteroatoms. The molecule has 0 unspecified atom stereocenters. The molecule has 0 spiro atoms. The summed E-state index contributed by atoms with van der Waals surface area (Å²) in [4.78, 5) is 34.6. The maximum absolute atomic E-state index is 13.6. The van der Waals surface area contributed by atoms with E-state index in [0.29, 0.717) is 29.8 Å². The number of ether oxygens (including phenoxy) is 2. The van der Waals surface area contributed by atoms with E-state index < -0.39 is 24.2 Å². The standard InChI is InChI=1S/C41H55F3N2O4/c1-4-6-8-10-12-13-14-15-16-18-20-32-29-45-38(46-30-32)33-22-24-34(25-23-33)39(47)49-35-26-27-36(31(3)28-35)40(48)50-37(41(42,43)44)21-19-17-11-9-7-5-2/h22-30,37H,4-21H2,1-3H3/t37-/m1/s1. The van der Waals surface area contributed by atoms with Gasteiger partial charge >= 0.3 is 18.1 Å². The molecule has 0 aliphatic carbocycles. The van der Waals surface area contributed by atoms with Crippen LogP contribution in [0.2, 0.25) is 0 Å². The first-order valence-corrected chi connectivity index (χ1v) is 18.6. The molecule has 50 heavy (non-hydrogen) atoms. The van der Waals surface area contributed by atoms with Gasteiger partial charge in [-0.3, -0.25) is 0 Å². The number of halogens is 3. The Hall–Kier alpha value is -3.75. The van der Waals surface area contributed by atoms with E-state index in [2.05, 4.69) is 23.8 Å². The zero-order chi connectivity index (χ0) is 36.2. The van der Waals surface area contributed by atoms with Crippen molar-refractivity contribution in [1.82, 2.24) is 9.97 Å². The highest BCUT2D eigenvalue weighted by Crippen LogP contribution is 2.29. The lowest BCUT2D eigenvalue weighted by Crippen LogP contribution is -2.34. The number of benzene rings is 2. The molecular weight excluding hydrogens is 641 g/mol. The van der Waals surface area contributed by atoms with Crippen LogP contribution in [0.4, 0.5) is 13.2 Å². The van der Waals surface area contributed by atoms with Crippen molar-refractivity contribution in [2.45, 2.75) is 149 Å². The van der Waals surface area contributed by atoms with Gasteiger partial charge in [0.2, 0.25) is 0 Å². The second kappa shape index (κ2) is 22.1. The van der Waals surface area contributed by atoms with Crippen LogP contribution >= 0.6 is 0 Å². The molecule has 0 amide bonds. The Morgan fingerprint density at radius 2 is 1.24 bits per heavy atom. The molecule has 274 valence electrons. The number of hydrogen-bond acceptors (Lipinski definition) is 6. The maximum atomic E-state index is 13.6. The van der Waals surface area contributed by atoms with Crippen molar-refractivity contribution in [1.29, 1.82) is 0 Å². The molecule has 3 aromatic rings. The number of hydrogen-bond donors (Lipinski definition) is 0. The van der Waals surface area contributed by atoms with E-state index in [1.165, 1.54) is 76.0 Å². The molecule has 0 radical (unpaired) electrons. The zero-order valence-corrected chi connectivity index (χ0v) is 30.2. The summed E-state index contributed by atoms with van der Waals surface area (Å²) in [6, 6.07) is 10.9. The third kappa shape index (κ3) is 14.6. The Balaban J connectivity index is 1.46. The van der Waals surface area contributed by atoms with Crippen molar-refractivity contribution < 1.29 is 32.2 Å². The van der Waals surface area contributed by atoms with Crippen LogP contribution in [0.5, 0.6) is 5.75 Å². The topological polar surface area (TPSA) is 78.4 Å².